The van der Waals surface area contributed by atoms with Gasteiger partial charge in [0.15, 0.2) is 5.78 Å². The predicted octanol–water partition coefficient (Wildman–Crippen LogP) is 5.10. The number of hydrogen-bond donors (Lipinski definition) is 0. The summed E-state index contributed by atoms with van der Waals surface area (Å²) >= 11 is 3.93. The SMILES string of the molecule is CC(=O)[C@H]1CC[C@H]2[C@@H]3C[C@H](Br)C4=CC(=O)CC[C@]4(C)[C@H]3CC[C@]12C. The zero-order chi connectivity index (χ0) is 17.3. The average molecular weight is 393 g/mol. The lowest BCUT2D eigenvalue weighted by Crippen LogP contribution is -2.53. The molecule has 3 heteroatoms. The summed E-state index contributed by atoms with van der Waals surface area (Å²) in [5.41, 5.74) is 1.76. The number of allylic oxidation sites excluding steroid dienone is 1. The van der Waals surface area contributed by atoms with Gasteiger partial charge in [0, 0.05) is 17.2 Å². The van der Waals surface area contributed by atoms with Crippen molar-refractivity contribution in [3.63, 3.8) is 0 Å². The minimum Gasteiger partial charge on any atom is -0.300 e. The van der Waals surface area contributed by atoms with Crippen LogP contribution in [0, 0.1) is 34.5 Å². The second-order valence-electron chi connectivity index (χ2n) is 9.35. The zero-order valence-corrected chi connectivity index (χ0v) is 16.7. The highest BCUT2D eigenvalue weighted by atomic mass is 79.9. The molecule has 7 atom stereocenters. The second-order valence-corrected chi connectivity index (χ2v) is 10.5. The molecule has 0 aromatic heterocycles. The summed E-state index contributed by atoms with van der Waals surface area (Å²) in [4.78, 5) is 24.5. The number of Topliss-reactive ketones (excluding diaryl/α,β-unsaturated/α-hetero) is 1. The predicted molar refractivity (Wildman–Crippen MR) is 99.0 cm³/mol. The molecule has 3 saturated carbocycles. The first-order valence-corrected chi connectivity index (χ1v) is 10.6. The number of ketones is 2. The molecule has 0 aromatic carbocycles. The summed E-state index contributed by atoms with van der Waals surface area (Å²) < 4.78 is 0. The fraction of sp³-hybridized carbons (Fsp3) is 0.810. The van der Waals surface area contributed by atoms with E-state index in [1.165, 1.54) is 24.8 Å². The molecule has 0 aromatic rings. The van der Waals surface area contributed by atoms with E-state index in [0.717, 1.165) is 19.3 Å². The van der Waals surface area contributed by atoms with Gasteiger partial charge >= 0.3 is 0 Å². The van der Waals surface area contributed by atoms with Crippen molar-refractivity contribution in [3.05, 3.63) is 11.6 Å². The van der Waals surface area contributed by atoms with Gasteiger partial charge in [-0.1, -0.05) is 29.8 Å². The molecule has 0 saturated heterocycles. The maximum Gasteiger partial charge on any atom is 0.155 e. The fourth-order valence-electron chi connectivity index (χ4n) is 7.23. The van der Waals surface area contributed by atoms with Crippen LogP contribution in [0.5, 0.6) is 0 Å². The van der Waals surface area contributed by atoms with Gasteiger partial charge in [0.2, 0.25) is 0 Å². The van der Waals surface area contributed by atoms with Crippen molar-refractivity contribution in [3.8, 4) is 0 Å². The van der Waals surface area contributed by atoms with Gasteiger partial charge in [0.1, 0.15) is 5.78 Å². The van der Waals surface area contributed by atoms with Crippen LogP contribution in [0.2, 0.25) is 0 Å². The monoisotopic (exact) mass is 392 g/mol. The lowest BCUT2D eigenvalue weighted by Gasteiger charge is -2.59. The van der Waals surface area contributed by atoms with Crippen molar-refractivity contribution in [2.24, 2.45) is 34.5 Å². The van der Waals surface area contributed by atoms with Crippen LogP contribution in [0.4, 0.5) is 0 Å². The lowest BCUT2D eigenvalue weighted by atomic mass is 9.46. The molecule has 3 fully saturated rings. The molecule has 4 rings (SSSR count). The summed E-state index contributed by atoms with van der Waals surface area (Å²) in [5.74, 6) is 3.06. The van der Waals surface area contributed by atoms with Gasteiger partial charge in [-0.05, 0) is 85.7 Å². The number of hydrogen-bond acceptors (Lipinski definition) is 2. The van der Waals surface area contributed by atoms with Gasteiger partial charge in [-0.3, -0.25) is 9.59 Å². The van der Waals surface area contributed by atoms with Crippen molar-refractivity contribution in [1.29, 1.82) is 0 Å². The number of halogens is 1. The van der Waals surface area contributed by atoms with Crippen LogP contribution in [-0.4, -0.2) is 16.4 Å². The summed E-state index contributed by atoms with van der Waals surface area (Å²) in [6, 6.07) is 0. The van der Waals surface area contributed by atoms with Gasteiger partial charge < -0.3 is 0 Å². The number of alkyl halides is 1. The Hall–Kier alpha value is -0.440. The molecule has 0 radical (unpaired) electrons. The first-order valence-electron chi connectivity index (χ1n) is 9.67. The molecule has 0 unspecified atom stereocenters. The third-order valence-corrected chi connectivity index (χ3v) is 9.30. The molecular weight excluding hydrogens is 364 g/mol. The van der Waals surface area contributed by atoms with Gasteiger partial charge in [-0.2, -0.15) is 0 Å². The Bertz CT molecular complexity index is 623. The number of rotatable bonds is 1. The molecular formula is C21H29BrO2. The standard InChI is InChI=1S/C21H29BrO2/c1-12(23)15-4-5-16-14-11-19(22)18-10-13(24)6-8-21(18,3)17(14)7-9-20(15,16)2/h10,14-17,19H,4-9,11H2,1-3H3/t14-,15+,16-,17-,19-,20+,21+/m0/s1. The quantitative estimate of drug-likeness (QED) is 0.581. The Morgan fingerprint density at radius 2 is 1.92 bits per heavy atom. The Balaban J connectivity index is 1.71. The first kappa shape index (κ1) is 17.0. The Morgan fingerprint density at radius 1 is 1.17 bits per heavy atom. The first-order chi connectivity index (χ1) is 11.3. The summed E-state index contributed by atoms with van der Waals surface area (Å²) in [5, 5.41) is 0. The summed E-state index contributed by atoms with van der Waals surface area (Å²) in [6.07, 6.45) is 9.54. The van der Waals surface area contributed by atoms with Gasteiger partial charge in [-0.25, -0.2) is 0 Å². The molecule has 0 aliphatic heterocycles. The van der Waals surface area contributed by atoms with E-state index in [0.29, 0.717) is 40.6 Å². The number of carbonyl (C=O) groups excluding carboxylic acids is 2. The molecule has 0 heterocycles. The van der Waals surface area contributed by atoms with E-state index >= 15 is 0 Å². The van der Waals surface area contributed by atoms with Crippen LogP contribution in [0.25, 0.3) is 0 Å². The number of fused-ring (bicyclic) bond motifs is 5. The largest absolute Gasteiger partial charge is 0.300 e. The van der Waals surface area contributed by atoms with Gasteiger partial charge in [0.25, 0.3) is 0 Å². The highest BCUT2D eigenvalue weighted by Gasteiger charge is 2.60. The molecule has 4 aliphatic carbocycles. The third-order valence-electron chi connectivity index (χ3n) is 8.43. The van der Waals surface area contributed by atoms with E-state index in [1.807, 2.05) is 6.08 Å². The molecule has 0 N–H and O–H groups in total. The summed E-state index contributed by atoms with van der Waals surface area (Å²) in [6.45, 7) is 6.61. The fourth-order valence-corrected chi connectivity index (χ4v) is 8.31. The second kappa shape index (κ2) is 5.53. The van der Waals surface area contributed by atoms with E-state index in [2.05, 4.69) is 29.8 Å². The maximum atomic E-state index is 12.2. The van der Waals surface area contributed by atoms with E-state index in [9.17, 15) is 9.59 Å². The Morgan fingerprint density at radius 3 is 2.62 bits per heavy atom. The Kier molecular flexibility index (Phi) is 3.91. The van der Waals surface area contributed by atoms with Crippen LogP contribution in [0.15, 0.2) is 11.6 Å². The van der Waals surface area contributed by atoms with Crippen molar-refractivity contribution >= 4 is 27.5 Å². The van der Waals surface area contributed by atoms with Crippen LogP contribution >= 0.6 is 15.9 Å². The zero-order valence-electron chi connectivity index (χ0n) is 15.1. The molecule has 0 bridgehead atoms. The minimum atomic E-state index is 0.181. The average Bonchev–Trinajstić information content (AvgIpc) is 2.87. The molecule has 4 aliphatic rings. The molecule has 24 heavy (non-hydrogen) atoms. The van der Waals surface area contributed by atoms with Gasteiger partial charge in [0.05, 0.1) is 0 Å². The normalized spacial score (nSPS) is 50.6. The topological polar surface area (TPSA) is 34.1 Å². The van der Waals surface area contributed by atoms with Crippen molar-refractivity contribution < 1.29 is 9.59 Å². The smallest absolute Gasteiger partial charge is 0.155 e. The Labute approximate surface area is 154 Å². The van der Waals surface area contributed by atoms with Crippen LogP contribution in [0.1, 0.15) is 65.7 Å². The van der Waals surface area contributed by atoms with Crippen LogP contribution in [0.3, 0.4) is 0 Å². The minimum absolute atomic E-state index is 0.181. The van der Waals surface area contributed by atoms with Gasteiger partial charge in [-0.15, -0.1) is 0 Å². The van der Waals surface area contributed by atoms with E-state index in [1.54, 1.807) is 6.92 Å². The van der Waals surface area contributed by atoms with E-state index in [-0.39, 0.29) is 16.7 Å². The van der Waals surface area contributed by atoms with Crippen LogP contribution < -0.4 is 0 Å². The molecule has 0 amide bonds. The van der Waals surface area contributed by atoms with Crippen molar-refractivity contribution in [2.45, 2.75) is 70.5 Å². The third kappa shape index (κ3) is 2.19. The molecule has 2 nitrogen and oxygen atoms in total. The number of carbonyl (C=O) groups is 2. The highest BCUT2D eigenvalue weighted by molar-refractivity contribution is 9.09. The molecule has 132 valence electrons. The summed E-state index contributed by atoms with van der Waals surface area (Å²) in [7, 11) is 0. The maximum absolute atomic E-state index is 12.2. The molecule has 0 spiro atoms. The van der Waals surface area contributed by atoms with Crippen molar-refractivity contribution in [2.75, 3.05) is 0 Å². The highest BCUT2D eigenvalue weighted by Crippen LogP contribution is 2.67. The van der Waals surface area contributed by atoms with E-state index in [4.69, 9.17) is 0 Å². The van der Waals surface area contributed by atoms with Crippen LogP contribution in [-0.2, 0) is 9.59 Å². The van der Waals surface area contributed by atoms with Crippen molar-refractivity contribution in [1.82, 2.24) is 0 Å². The lowest BCUT2D eigenvalue weighted by molar-refractivity contribution is -0.128. The van der Waals surface area contributed by atoms with E-state index < -0.39 is 0 Å².